The maximum Gasteiger partial charge on any atom is 0.573 e. The first kappa shape index (κ1) is 25.4. The lowest BCUT2D eigenvalue weighted by Crippen LogP contribution is -2.36. The van der Waals surface area contributed by atoms with E-state index in [2.05, 4.69) is 14.6 Å². The van der Waals surface area contributed by atoms with Gasteiger partial charge in [0.15, 0.2) is 0 Å². The molecule has 2 heterocycles. The number of carbonyl (C=O) groups is 1. The van der Waals surface area contributed by atoms with Gasteiger partial charge in [-0.2, -0.15) is 0 Å². The topological polar surface area (TPSA) is 54.9 Å². The number of thiazole rings is 1. The molecule has 1 saturated heterocycles. The molecule has 2 aromatic carbocycles. The largest absolute Gasteiger partial charge is 0.573 e. The Balaban J connectivity index is 1.23. The minimum Gasteiger partial charge on any atom is -0.406 e. The number of halogens is 5. The van der Waals surface area contributed by atoms with Gasteiger partial charge in [-0.05, 0) is 41.5 Å². The normalized spacial score (nSPS) is 20.9. The number of alkyl halides is 3. The van der Waals surface area contributed by atoms with Crippen LogP contribution >= 0.6 is 11.3 Å². The summed E-state index contributed by atoms with van der Waals surface area (Å²) in [6, 6.07) is 9.02. The van der Waals surface area contributed by atoms with E-state index in [-0.39, 0.29) is 35.9 Å². The van der Waals surface area contributed by atoms with E-state index in [1.54, 1.807) is 11.4 Å². The maximum absolute atomic E-state index is 14.0. The summed E-state index contributed by atoms with van der Waals surface area (Å²) in [7, 11) is 0. The molecule has 6 nitrogen and oxygen atoms in total. The molecular formula is C25H22F5N3O3S. The predicted molar refractivity (Wildman–Crippen MR) is 124 cm³/mol. The van der Waals surface area contributed by atoms with Crippen LogP contribution in [0.25, 0.3) is 0 Å². The minimum atomic E-state index is -4.82. The highest BCUT2D eigenvalue weighted by Gasteiger charge is 2.56. The number of likely N-dealkylation sites (tertiary alicyclic amines) is 1. The smallest absolute Gasteiger partial charge is 0.406 e. The summed E-state index contributed by atoms with van der Waals surface area (Å²) in [6.45, 7) is 2.15. The fourth-order valence-electron chi connectivity index (χ4n) is 4.95. The third-order valence-corrected chi connectivity index (χ3v) is 7.22. The molecule has 2 fully saturated rings. The van der Waals surface area contributed by atoms with E-state index < -0.39 is 24.1 Å². The Kier molecular flexibility index (Phi) is 7.04. The zero-order valence-electron chi connectivity index (χ0n) is 19.3. The second-order valence-corrected chi connectivity index (χ2v) is 9.91. The van der Waals surface area contributed by atoms with E-state index >= 15 is 0 Å². The van der Waals surface area contributed by atoms with Crippen molar-refractivity contribution in [2.75, 3.05) is 19.6 Å². The molecule has 196 valence electrons. The first-order valence-electron chi connectivity index (χ1n) is 11.5. The molecular weight excluding hydrogens is 517 g/mol. The second kappa shape index (κ2) is 10.3. The van der Waals surface area contributed by atoms with Gasteiger partial charge in [-0.15, -0.1) is 24.5 Å². The second-order valence-electron chi connectivity index (χ2n) is 9.19. The maximum atomic E-state index is 14.0. The number of hydrogen-bond acceptors (Lipinski definition) is 6. The SMILES string of the molecule is O=C(Oc1cscn1)N(Cc1cccc(OC(F)(F)F)c1)CC1C2CN(Cc3ccc(F)cc3F)CC21. The van der Waals surface area contributed by atoms with E-state index in [9.17, 15) is 26.7 Å². The number of rotatable bonds is 8. The van der Waals surface area contributed by atoms with E-state index in [1.807, 2.05) is 0 Å². The fraction of sp³-hybridized carbons (Fsp3) is 0.360. The zero-order chi connectivity index (χ0) is 26.2. The Morgan fingerprint density at radius 1 is 1.14 bits per heavy atom. The van der Waals surface area contributed by atoms with Crippen LogP contribution in [0.4, 0.5) is 26.7 Å². The van der Waals surface area contributed by atoms with Crippen LogP contribution < -0.4 is 9.47 Å². The number of nitrogens with zero attached hydrogens (tertiary/aromatic N) is 3. The van der Waals surface area contributed by atoms with Crippen molar-refractivity contribution in [1.82, 2.24) is 14.8 Å². The van der Waals surface area contributed by atoms with Crippen LogP contribution in [0.2, 0.25) is 0 Å². The Labute approximate surface area is 213 Å². The first-order valence-corrected chi connectivity index (χ1v) is 12.4. The Morgan fingerprint density at radius 3 is 2.59 bits per heavy atom. The highest BCUT2D eigenvalue weighted by molar-refractivity contribution is 7.07. The molecule has 37 heavy (non-hydrogen) atoms. The van der Waals surface area contributed by atoms with Gasteiger partial charge in [-0.1, -0.05) is 18.2 Å². The van der Waals surface area contributed by atoms with Crippen LogP contribution in [0.5, 0.6) is 11.6 Å². The summed E-state index contributed by atoms with van der Waals surface area (Å²) < 4.78 is 74.5. The van der Waals surface area contributed by atoms with Gasteiger partial charge in [-0.25, -0.2) is 18.6 Å². The number of amides is 1. The average Bonchev–Trinajstić information content (AvgIpc) is 3.19. The van der Waals surface area contributed by atoms with Crippen molar-refractivity contribution < 1.29 is 36.2 Å². The fourth-order valence-corrected chi connectivity index (χ4v) is 5.40. The third kappa shape index (κ3) is 6.37. The Bertz CT molecular complexity index is 1240. The molecule has 0 spiro atoms. The Hall–Kier alpha value is -3.25. The molecule has 1 amide bonds. The van der Waals surface area contributed by atoms with E-state index in [1.165, 1.54) is 52.1 Å². The average molecular weight is 540 g/mol. The number of piperidine rings is 1. The number of fused-ring (bicyclic) bond motifs is 1. The molecule has 1 aromatic heterocycles. The van der Waals surface area contributed by atoms with Crippen LogP contribution in [-0.4, -0.2) is 46.9 Å². The Morgan fingerprint density at radius 2 is 1.92 bits per heavy atom. The summed E-state index contributed by atoms with van der Waals surface area (Å²) in [5, 5.41) is 1.58. The van der Waals surface area contributed by atoms with Crippen molar-refractivity contribution in [3.63, 3.8) is 0 Å². The summed E-state index contributed by atoms with van der Waals surface area (Å²) in [5.41, 5.74) is 2.40. The summed E-state index contributed by atoms with van der Waals surface area (Å²) in [6.07, 6.45) is -5.47. The number of aromatic nitrogens is 1. The molecule has 1 saturated carbocycles. The van der Waals surface area contributed by atoms with Crippen LogP contribution in [0.1, 0.15) is 11.1 Å². The van der Waals surface area contributed by atoms with Gasteiger partial charge in [0.1, 0.15) is 17.4 Å². The highest BCUT2D eigenvalue weighted by Crippen LogP contribution is 2.52. The number of hydrogen-bond donors (Lipinski definition) is 0. The molecule has 0 radical (unpaired) electrons. The standard InChI is InChI=1S/C25H22F5N3O3S/c26-17-5-4-16(22(27)7-17)9-32-10-19-20(11-32)21(19)12-33(24(34)35-23-13-37-14-31-23)8-15-2-1-3-18(6-15)36-25(28,29)30/h1-7,13-14,19-21H,8-12H2. The molecule has 0 bridgehead atoms. The quantitative estimate of drug-likeness (QED) is 0.344. The molecule has 12 heteroatoms. The third-order valence-electron chi connectivity index (χ3n) is 6.65. The lowest BCUT2D eigenvalue weighted by molar-refractivity contribution is -0.274. The summed E-state index contributed by atoms with van der Waals surface area (Å²) >= 11 is 1.26. The number of benzene rings is 2. The van der Waals surface area contributed by atoms with Gasteiger partial charge in [0, 0.05) is 44.4 Å². The van der Waals surface area contributed by atoms with Gasteiger partial charge < -0.3 is 14.4 Å². The minimum absolute atomic E-state index is 0.0263. The zero-order valence-corrected chi connectivity index (χ0v) is 20.1. The van der Waals surface area contributed by atoms with Crippen molar-refractivity contribution in [1.29, 1.82) is 0 Å². The summed E-state index contributed by atoms with van der Waals surface area (Å²) in [5.74, 6) is -0.666. The molecule has 2 aliphatic rings. The van der Waals surface area contributed by atoms with E-state index in [0.29, 0.717) is 37.3 Å². The van der Waals surface area contributed by atoms with E-state index in [4.69, 9.17) is 4.74 Å². The molecule has 1 aliphatic heterocycles. The van der Waals surface area contributed by atoms with Crippen LogP contribution in [0.15, 0.2) is 53.4 Å². The van der Waals surface area contributed by atoms with Crippen molar-refractivity contribution in [2.24, 2.45) is 17.8 Å². The molecule has 5 rings (SSSR count). The lowest BCUT2D eigenvalue weighted by Gasteiger charge is -2.25. The summed E-state index contributed by atoms with van der Waals surface area (Å²) in [4.78, 5) is 20.5. The van der Waals surface area contributed by atoms with Crippen molar-refractivity contribution in [3.05, 3.63) is 76.1 Å². The molecule has 0 N–H and O–H groups in total. The first-order chi connectivity index (χ1) is 17.6. The molecule has 1 aliphatic carbocycles. The van der Waals surface area contributed by atoms with Crippen molar-refractivity contribution in [3.8, 4) is 11.6 Å². The van der Waals surface area contributed by atoms with Gasteiger partial charge >= 0.3 is 12.5 Å². The lowest BCUT2D eigenvalue weighted by atomic mass is 10.1. The van der Waals surface area contributed by atoms with Crippen LogP contribution in [0.3, 0.4) is 0 Å². The molecule has 3 aromatic rings. The van der Waals surface area contributed by atoms with Gasteiger partial charge in [0.25, 0.3) is 0 Å². The molecule has 2 atom stereocenters. The van der Waals surface area contributed by atoms with Crippen molar-refractivity contribution in [2.45, 2.75) is 19.5 Å². The van der Waals surface area contributed by atoms with Crippen molar-refractivity contribution >= 4 is 17.4 Å². The molecule has 2 unspecified atom stereocenters. The van der Waals surface area contributed by atoms with Crippen LogP contribution in [0, 0.1) is 29.4 Å². The van der Waals surface area contributed by atoms with Crippen LogP contribution in [-0.2, 0) is 13.1 Å². The van der Waals surface area contributed by atoms with E-state index in [0.717, 1.165) is 6.07 Å². The van der Waals surface area contributed by atoms with Gasteiger partial charge in [0.2, 0.25) is 5.88 Å². The predicted octanol–water partition coefficient (Wildman–Crippen LogP) is 5.70. The highest BCUT2D eigenvalue weighted by atomic mass is 32.1. The number of ether oxygens (including phenoxy) is 2. The monoisotopic (exact) mass is 539 g/mol. The van der Waals surface area contributed by atoms with Gasteiger partial charge in [0.05, 0.1) is 10.9 Å². The number of carbonyl (C=O) groups excluding carboxylic acids is 1. The van der Waals surface area contributed by atoms with Gasteiger partial charge in [-0.3, -0.25) is 4.90 Å².